The second kappa shape index (κ2) is 5.45. The largest absolute Gasteiger partial charge is 0.217 e. The van der Waals surface area contributed by atoms with Gasteiger partial charge in [0.25, 0.3) is 0 Å². The minimum Gasteiger partial charge on any atom is -0.217 e. The van der Waals surface area contributed by atoms with Gasteiger partial charge in [0.15, 0.2) is 5.82 Å². The smallest absolute Gasteiger partial charge is 0.151 e. The van der Waals surface area contributed by atoms with Gasteiger partial charge in [0.2, 0.25) is 0 Å². The van der Waals surface area contributed by atoms with Crippen molar-refractivity contribution < 1.29 is 0 Å². The number of aromatic nitrogens is 3. The molecule has 1 heterocycles. The van der Waals surface area contributed by atoms with Gasteiger partial charge in [-0.3, -0.25) is 0 Å². The molecule has 0 fully saturated rings. The SMILES string of the molecule is CCc1nc(CC)n(-c2ccccc2CBr)n1. The minimum absolute atomic E-state index is 0.827. The molecule has 0 aliphatic rings. The highest BCUT2D eigenvalue weighted by Crippen LogP contribution is 2.18. The fraction of sp³-hybridized carbons (Fsp3) is 0.385. The summed E-state index contributed by atoms with van der Waals surface area (Å²) in [4.78, 5) is 4.54. The van der Waals surface area contributed by atoms with Crippen LogP contribution in [0.1, 0.15) is 31.1 Å². The zero-order valence-corrected chi connectivity index (χ0v) is 11.7. The molecule has 4 heteroatoms. The van der Waals surface area contributed by atoms with E-state index in [9.17, 15) is 0 Å². The molecule has 1 aromatic carbocycles. The van der Waals surface area contributed by atoms with E-state index in [4.69, 9.17) is 0 Å². The van der Waals surface area contributed by atoms with E-state index < -0.39 is 0 Å². The van der Waals surface area contributed by atoms with Crippen molar-refractivity contribution in [2.45, 2.75) is 32.0 Å². The molecule has 90 valence electrons. The van der Waals surface area contributed by atoms with Gasteiger partial charge in [-0.1, -0.05) is 48.0 Å². The van der Waals surface area contributed by atoms with E-state index in [0.29, 0.717) is 0 Å². The Bertz CT molecular complexity index is 505. The Kier molecular flexibility index (Phi) is 3.94. The first-order valence-corrected chi connectivity index (χ1v) is 7.01. The van der Waals surface area contributed by atoms with E-state index in [0.717, 1.165) is 35.5 Å². The first-order valence-electron chi connectivity index (χ1n) is 5.89. The Labute approximate surface area is 110 Å². The molecular weight excluding hydrogens is 278 g/mol. The van der Waals surface area contributed by atoms with E-state index >= 15 is 0 Å². The van der Waals surface area contributed by atoms with Crippen molar-refractivity contribution in [1.29, 1.82) is 0 Å². The second-order valence-corrected chi connectivity index (χ2v) is 4.39. The van der Waals surface area contributed by atoms with Crippen molar-refractivity contribution in [3.05, 3.63) is 41.5 Å². The molecule has 2 aromatic rings. The zero-order chi connectivity index (χ0) is 12.3. The first-order chi connectivity index (χ1) is 8.30. The zero-order valence-electron chi connectivity index (χ0n) is 10.2. The lowest BCUT2D eigenvalue weighted by atomic mass is 10.2. The third-order valence-corrected chi connectivity index (χ3v) is 3.32. The Hall–Kier alpha value is -1.16. The van der Waals surface area contributed by atoms with Gasteiger partial charge in [-0.25, -0.2) is 9.67 Å². The van der Waals surface area contributed by atoms with Crippen molar-refractivity contribution in [2.24, 2.45) is 0 Å². The van der Waals surface area contributed by atoms with Crippen LogP contribution in [0.5, 0.6) is 0 Å². The van der Waals surface area contributed by atoms with Gasteiger partial charge in [0.05, 0.1) is 5.69 Å². The summed E-state index contributed by atoms with van der Waals surface area (Å²) in [6, 6.07) is 8.28. The molecule has 0 bridgehead atoms. The normalized spacial score (nSPS) is 10.8. The number of hydrogen-bond donors (Lipinski definition) is 0. The van der Waals surface area contributed by atoms with Crippen LogP contribution in [0, 0.1) is 0 Å². The van der Waals surface area contributed by atoms with Gasteiger partial charge in [-0.05, 0) is 11.6 Å². The van der Waals surface area contributed by atoms with Crippen LogP contribution in [0.2, 0.25) is 0 Å². The predicted octanol–water partition coefficient (Wildman–Crippen LogP) is 3.29. The van der Waals surface area contributed by atoms with Gasteiger partial charge in [0, 0.05) is 18.2 Å². The fourth-order valence-electron chi connectivity index (χ4n) is 1.79. The van der Waals surface area contributed by atoms with Crippen molar-refractivity contribution in [1.82, 2.24) is 14.8 Å². The molecule has 0 saturated carbocycles. The third kappa shape index (κ3) is 2.41. The number of hydrogen-bond acceptors (Lipinski definition) is 2. The predicted molar refractivity (Wildman–Crippen MR) is 72.7 cm³/mol. The van der Waals surface area contributed by atoms with E-state index in [1.165, 1.54) is 5.56 Å². The molecule has 1 aromatic heterocycles. The monoisotopic (exact) mass is 293 g/mol. The van der Waals surface area contributed by atoms with Crippen LogP contribution in [0.4, 0.5) is 0 Å². The number of nitrogens with zero attached hydrogens (tertiary/aromatic N) is 3. The molecule has 0 aliphatic heterocycles. The quantitative estimate of drug-likeness (QED) is 0.810. The molecule has 0 amide bonds. The number of aryl methyl sites for hydroxylation is 2. The fourth-order valence-corrected chi connectivity index (χ4v) is 2.27. The first kappa shape index (κ1) is 12.3. The van der Waals surface area contributed by atoms with Gasteiger partial charge >= 0.3 is 0 Å². The van der Waals surface area contributed by atoms with Gasteiger partial charge in [-0.15, -0.1) is 0 Å². The molecule has 0 radical (unpaired) electrons. The molecule has 0 unspecified atom stereocenters. The molecular formula is C13H16BrN3. The van der Waals surface area contributed by atoms with Gasteiger partial charge in [0.1, 0.15) is 5.82 Å². The summed E-state index contributed by atoms with van der Waals surface area (Å²) >= 11 is 3.51. The minimum atomic E-state index is 0.827. The Morgan fingerprint density at radius 2 is 1.94 bits per heavy atom. The summed E-state index contributed by atoms with van der Waals surface area (Å²) < 4.78 is 1.97. The van der Waals surface area contributed by atoms with E-state index in [-0.39, 0.29) is 0 Å². The average molecular weight is 294 g/mol. The van der Waals surface area contributed by atoms with Crippen LogP contribution in [-0.4, -0.2) is 14.8 Å². The molecule has 0 spiro atoms. The lowest BCUT2D eigenvalue weighted by Gasteiger charge is -2.08. The molecule has 17 heavy (non-hydrogen) atoms. The average Bonchev–Trinajstić information content (AvgIpc) is 2.81. The van der Waals surface area contributed by atoms with Crippen LogP contribution in [-0.2, 0) is 18.2 Å². The van der Waals surface area contributed by atoms with Crippen LogP contribution in [0.15, 0.2) is 24.3 Å². The van der Waals surface area contributed by atoms with E-state index in [1.54, 1.807) is 0 Å². The summed E-state index contributed by atoms with van der Waals surface area (Å²) in [6.07, 6.45) is 1.76. The van der Waals surface area contributed by atoms with Gasteiger partial charge in [-0.2, -0.15) is 5.10 Å². The topological polar surface area (TPSA) is 30.7 Å². The summed E-state index contributed by atoms with van der Waals surface area (Å²) in [6.45, 7) is 4.19. The Morgan fingerprint density at radius 3 is 2.59 bits per heavy atom. The summed E-state index contributed by atoms with van der Waals surface area (Å²) in [5, 5.41) is 5.39. The number of rotatable bonds is 4. The van der Waals surface area contributed by atoms with Crippen LogP contribution in [0.3, 0.4) is 0 Å². The summed E-state index contributed by atoms with van der Waals surface area (Å²) in [5.41, 5.74) is 2.35. The number of alkyl halides is 1. The number of para-hydroxylation sites is 1. The maximum atomic E-state index is 4.56. The molecule has 0 aliphatic carbocycles. The standard InChI is InChI=1S/C13H16BrN3/c1-3-12-15-13(4-2)17(16-12)11-8-6-5-7-10(11)9-14/h5-8H,3-4,9H2,1-2H3. The lowest BCUT2D eigenvalue weighted by Crippen LogP contribution is -2.04. The molecule has 2 rings (SSSR count). The maximum absolute atomic E-state index is 4.56. The molecule has 0 N–H and O–H groups in total. The molecule has 3 nitrogen and oxygen atoms in total. The van der Waals surface area contributed by atoms with E-state index in [2.05, 4.69) is 52.0 Å². The summed E-state index contributed by atoms with van der Waals surface area (Å²) in [5.74, 6) is 1.93. The van der Waals surface area contributed by atoms with Crippen molar-refractivity contribution >= 4 is 15.9 Å². The Balaban J connectivity index is 2.54. The Morgan fingerprint density at radius 1 is 1.18 bits per heavy atom. The van der Waals surface area contributed by atoms with Crippen molar-refractivity contribution in [2.75, 3.05) is 0 Å². The van der Waals surface area contributed by atoms with Crippen LogP contribution in [0.25, 0.3) is 5.69 Å². The third-order valence-electron chi connectivity index (χ3n) is 2.71. The summed E-state index contributed by atoms with van der Waals surface area (Å²) in [7, 11) is 0. The lowest BCUT2D eigenvalue weighted by molar-refractivity contribution is 0.786. The number of benzene rings is 1. The maximum Gasteiger partial charge on any atom is 0.151 e. The van der Waals surface area contributed by atoms with Crippen molar-refractivity contribution in [3.8, 4) is 5.69 Å². The molecule has 0 atom stereocenters. The number of halogens is 1. The van der Waals surface area contributed by atoms with Crippen LogP contribution >= 0.6 is 15.9 Å². The van der Waals surface area contributed by atoms with Gasteiger partial charge < -0.3 is 0 Å². The highest BCUT2D eigenvalue weighted by molar-refractivity contribution is 9.08. The van der Waals surface area contributed by atoms with Crippen LogP contribution < -0.4 is 0 Å². The van der Waals surface area contributed by atoms with Crippen molar-refractivity contribution in [3.63, 3.8) is 0 Å². The highest BCUT2D eigenvalue weighted by Gasteiger charge is 2.11. The van der Waals surface area contributed by atoms with E-state index in [1.807, 2.05) is 16.8 Å². The second-order valence-electron chi connectivity index (χ2n) is 3.83. The highest BCUT2D eigenvalue weighted by atomic mass is 79.9. The molecule has 0 saturated heterocycles.